The molecule has 2 aromatic rings. The lowest BCUT2D eigenvalue weighted by Gasteiger charge is -2.09. The number of nitrogen functional groups attached to an aromatic ring is 1. The first-order valence-corrected chi connectivity index (χ1v) is 7.70. The zero-order chi connectivity index (χ0) is 14.8. The van der Waals surface area contributed by atoms with Gasteiger partial charge in [0.25, 0.3) is 0 Å². The van der Waals surface area contributed by atoms with Gasteiger partial charge < -0.3 is 15.2 Å². The van der Waals surface area contributed by atoms with Crippen molar-refractivity contribution in [3.8, 4) is 17.2 Å². The first-order chi connectivity index (χ1) is 9.38. The maximum atomic E-state index is 11.5. The molecule has 0 bridgehead atoms. The largest absolute Gasteiger partial charge is 0.497 e. The van der Waals surface area contributed by atoms with Crippen LogP contribution in [0.2, 0.25) is 0 Å². The zero-order valence-electron chi connectivity index (χ0n) is 11.2. The molecule has 0 amide bonds. The van der Waals surface area contributed by atoms with E-state index in [2.05, 4.69) is 0 Å². The minimum atomic E-state index is -3.27. The van der Waals surface area contributed by atoms with Crippen LogP contribution < -0.4 is 15.2 Å². The Balaban J connectivity index is 2.33. The van der Waals surface area contributed by atoms with E-state index in [-0.39, 0.29) is 4.90 Å². The minimum Gasteiger partial charge on any atom is -0.497 e. The molecule has 106 valence electrons. The van der Waals surface area contributed by atoms with E-state index in [4.69, 9.17) is 15.2 Å². The van der Waals surface area contributed by atoms with Gasteiger partial charge in [-0.1, -0.05) is 6.07 Å². The molecular weight excluding hydrogens is 278 g/mol. The van der Waals surface area contributed by atoms with Gasteiger partial charge in [-0.05, 0) is 18.2 Å². The second kappa shape index (κ2) is 5.42. The first kappa shape index (κ1) is 14.2. The van der Waals surface area contributed by atoms with Crippen molar-refractivity contribution in [1.29, 1.82) is 0 Å². The lowest BCUT2D eigenvalue weighted by molar-refractivity contribution is 0.409. The number of benzene rings is 2. The maximum absolute atomic E-state index is 11.5. The highest BCUT2D eigenvalue weighted by molar-refractivity contribution is 7.90. The Morgan fingerprint density at radius 3 is 2.35 bits per heavy atom. The molecule has 0 heterocycles. The van der Waals surface area contributed by atoms with Crippen molar-refractivity contribution in [2.24, 2.45) is 0 Å². The summed E-state index contributed by atoms with van der Waals surface area (Å²) in [6.45, 7) is 0. The van der Waals surface area contributed by atoms with Gasteiger partial charge in [-0.2, -0.15) is 0 Å². The third-order valence-corrected chi connectivity index (χ3v) is 3.72. The van der Waals surface area contributed by atoms with Crippen LogP contribution in [0.5, 0.6) is 17.2 Å². The molecule has 0 atom stereocenters. The third-order valence-electron chi connectivity index (χ3n) is 2.61. The SMILES string of the molecule is COc1cc(N)cc(Oc2cccc(S(C)(=O)=O)c2)c1. The quantitative estimate of drug-likeness (QED) is 0.876. The molecule has 20 heavy (non-hydrogen) atoms. The average Bonchev–Trinajstić information content (AvgIpc) is 2.37. The van der Waals surface area contributed by atoms with Crippen molar-refractivity contribution < 1.29 is 17.9 Å². The Bertz CT molecular complexity index is 726. The molecule has 0 radical (unpaired) electrons. The summed E-state index contributed by atoms with van der Waals surface area (Å²) in [6, 6.07) is 11.2. The number of hydrogen-bond acceptors (Lipinski definition) is 5. The van der Waals surface area contributed by atoms with Crippen LogP contribution in [0.25, 0.3) is 0 Å². The lowest BCUT2D eigenvalue weighted by atomic mass is 10.3. The number of rotatable bonds is 4. The molecule has 0 aromatic heterocycles. The Morgan fingerprint density at radius 1 is 1.00 bits per heavy atom. The normalized spacial score (nSPS) is 11.1. The van der Waals surface area contributed by atoms with Crippen LogP contribution >= 0.6 is 0 Å². The molecule has 6 heteroatoms. The summed E-state index contributed by atoms with van der Waals surface area (Å²) in [6.07, 6.45) is 1.15. The Morgan fingerprint density at radius 2 is 1.70 bits per heavy atom. The second-order valence-electron chi connectivity index (χ2n) is 4.29. The molecule has 2 N–H and O–H groups in total. The highest BCUT2D eigenvalue weighted by Gasteiger charge is 2.09. The summed E-state index contributed by atoms with van der Waals surface area (Å²) in [5.41, 5.74) is 6.23. The van der Waals surface area contributed by atoms with Crippen molar-refractivity contribution in [3.05, 3.63) is 42.5 Å². The minimum absolute atomic E-state index is 0.200. The topological polar surface area (TPSA) is 78.6 Å². The lowest BCUT2D eigenvalue weighted by Crippen LogP contribution is -1.97. The standard InChI is InChI=1S/C14H15NO4S/c1-18-12-6-10(15)7-13(8-12)19-11-4-3-5-14(9-11)20(2,16)17/h3-9H,15H2,1-2H3. The van der Waals surface area contributed by atoms with Gasteiger partial charge in [0.15, 0.2) is 9.84 Å². The third kappa shape index (κ3) is 3.42. The van der Waals surface area contributed by atoms with Crippen LogP contribution in [0.3, 0.4) is 0 Å². The van der Waals surface area contributed by atoms with E-state index in [9.17, 15) is 8.42 Å². The number of methoxy groups -OCH3 is 1. The molecule has 0 aliphatic carbocycles. The fraction of sp³-hybridized carbons (Fsp3) is 0.143. The van der Waals surface area contributed by atoms with Crippen molar-refractivity contribution >= 4 is 15.5 Å². The van der Waals surface area contributed by atoms with Gasteiger partial charge in [0.05, 0.1) is 12.0 Å². The van der Waals surface area contributed by atoms with Gasteiger partial charge in [-0.3, -0.25) is 0 Å². The van der Waals surface area contributed by atoms with Crippen LogP contribution in [0.4, 0.5) is 5.69 Å². The fourth-order valence-electron chi connectivity index (χ4n) is 1.67. The number of nitrogens with two attached hydrogens (primary N) is 1. The Labute approximate surface area is 117 Å². The van der Waals surface area contributed by atoms with E-state index in [1.807, 2.05) is 0 Å². The van der Waals surface area contributed by atoms with Gasteiger partial charge in [-0.25, -0.2) is 8.42 Å². The summed E-state index contributed by atoms with van der Waals surface area (Å²) < 4.78 is 33.7. The van der Waals surface area contributed by atoms with E-state index in [0.29, 0.717) is 22.9 Å². The highest BCUT2D eigenvalue weighted by Crippen LogP contribution is 2.29. The van der Waals surface area contributed by atoms with E-state index < -0.39 is 9.84 Å². The van der Waals surface area contributed by atoms with Crippen molar-refractivity contribution in [2.45, 2.75) is 4.90 Å². The molecule has 2 aromatic carbocycles. The number of sulfone groups is 1. The summed E-state index contributed by atoms with van der Waals surface area (Å²) in [4.78, 5) is 0.200. The van der Waals surface area contributed by atoms with Crippen LogP contribution in [-0.4, -0.2) is 21.8 Å². The van der Waals surface area contributed by atoms with Crippen LogP contribution in [0, 0.1) is 0 Å². The van der Waals surface area contributed by atoms with Crippen molar-refractivity contribution in [2.75, 3.05) is 19.1 Å². The smallest absolute Gasteiger partial charge is 0.175 e. The number of ether oxygens (including phenoxy) is 2. The molecule has 2 rings (SSSR count). The highest BCUT2D eigenvalue weighted by atomic mass is 32.2. The Hall–Kier alpha value is -2.21. The molecule has 0 aliphatic rings. The molecule has 0 saturated carbocycles. The Kier molecular flexibility index (Phi) is 3.85. The maximum Gasteiger partial charge on any atom is 0.175 e. The van der Waals surface area contributed by atoms with Crippen LogP contribution in [-0.2, 0) is 9.84 Å². The van der Waals surface area contributed by atoms with Gasteiger partial charge >= 0.3 is 0 Å². The fourth-order valence-corrected chi connectivity index (χ4v) is 2.33. The molecule has 0 spiro atoms. The van der Waals surface area contributed by atoms with E-state index in [1.165, 1.54) is 19.2 Å². The monoisotopic (exact) mass is 293 g/mol. The number of hydrogen-bond donors (Lipinski definition) is 1. The molecular formula is C14H15NO4S. The van der Waals surface area contributed by atoms with E-state index in [1.54, 1.807) is 30.3 Å². The first-order valence-electron chi connectivity index (χ1n) is 5.81. The van der Waals surface area contributed by atoms with Crippen molar-refractivity contribution in [3.63, 3.8) is 0 Å². The average molecular weight is 293 g/mol. The van der Waals surface area contributed by atoms with Gasteiger partial charge in [0, 0.05) is 30.1 Å². The van der Waals surface area contributed by atoms with Crippen LogP contribution in [0.15, 0.2) is 47.4 Å². The molecule has 0 unspecified atom stereocenters. The van der Waals surface area contributed by atoms with E-state index >= 15 is 0 Å². The molecule has 0 aliphatic heterocycles. The van der Waals surface area contributed by atoms with E-state index in [0.717, 1.165) is 6.26 Å². The summed E-state index contributed by atoms with van der Waals surface area (Å²) in [5, 5.41) is 0. The second-order valence-corrected chi connectivity index (χ2v) is 6.31. The van der Waals surface area contributed by atoms with Gasteiger partial charge in [0.1, 0.15) is 17.2 Å². The molecule has 0 saturated heterocycles. The summed E-state index contributed by atoms with van der Waals surface area (Å²) in [5.74, 6) is 1.47. The molecule has 5 nitrogen and oxygen atoms in total. The summed E-state index contributed by atoms with van der Waals surface area (Å²) >= 11 is 0. The van der Waals surface area contributed by atoms with Crippen LogP contribution in [0.1, 0.15) is 0 Å². The summed E-state index contributed by atoms with van der Waals surface area (Å²) in [7, 11) is -1.74. The predicted octanol–water partition coefficient (Wildman–Crippen LogP) is 2.47. The van der Waals surface area contributed by atoms with Gasteiger partial charge in [-0.15, -0.1) is 0 Å². The number of anilines is 1. The molecule has 0 fully saturated rings. The van der Waals surface area contributed by atoms with Gasteiger partial charge in [0.2, 0.25) is 0 Å². The zero-order valence-corrected chi connectivity index (χ0v) is 12.0. The van der Waals surface area contributed by atoms with Crippen molar-refractivity contribution in [1.82, 2.24) is 0 Å². The predicted molar refractivity (Wildman–Crippen MR) is 77.0 cm³/mol.